The Morgan fingerprint density at radius 1 is 1.58 bits per heavy atom. The first-order chi connectivity index (χ1) is 9.04. The van der Waals surface area contributed by atoms with E-state index >= 15 is 0 Å². The summed E-state index contributed by atoms with van der Waals surface area (Å²) in [6, 6.07) is 0.709. The van der Waals surface area contributed by atoms with Crippen molar-refractivity contribution in [1.29, 1.82) is 0 Å². The van der Waals surface area contributed by atoms with Crippen molar-refractivity contribution in [3.05, 3.63) is 16.1 Å². The number of carboxylic acids is 1. The lowest BCUT2D eigenvalue weighted by Crippen LogP contribution is -2.33. The fourth-order valence-corrected chi connectivity index (χ4v) is 2.53. The summed E-state index contributed by atoms with van der Waals surface area (Å²) in [5, 5.41) is 8.93. The van der Waals surface area contributed by atoms with Gasteiger partial charge in [0.2, 0.25) is 0 Å². The van der Waals surface area contributed by atoms with E-state index in [1.807, 2.05) is 0 Å². The lowest BCUT2D eigenvalue weighted by molar-refractivity contribution is -0.138. The number of methoxy groups -OCH3 is 1. The summed E-state index contributed by atoms with van der Waals surface area (Å²) in [4.78, 5) is 10.9. The molecule has 0 aliphatic carbocycles. The van der Waals surface area contributed by atoms with Crippen LogP contribution in [0.4, 0.5) is 0 Å². The molecular weight excluding hydrogens is 318 g/mol. The molecule has 1 atom stereocenters. The molecule has 6 nitrogen and oxygen atoms in total. The molecule has 1 unspecified atom stereocenters. The fraction of sp³-hybridized carbons (Fsp3) is 0.417. The summed E-state index contributed by atoms with van der Waals surface area (Å²) >= 11 is 3.36. The molecule has 0 spiro atoms. The number of fused-ring (bicyclic) bond motifs is 1. The van der Waals surface area contributed by atoms with Gasteiger partial charge in [0, 0.05) is 18.1 Å². The Kier molecular flexibility index (Phi) is 4.16. The van der Waals surface area contributed by atoms with Gasteiger partial charge in [0.05, 0.1) is 11.6 Å². The van der Waals surface area contributed by atoms with Crippen LogP contribution >= 0.6 is 15.9 Å². The van der Waals surface area contributed by atoms with Crippen LogP contribution in [0.25, 0.3) is 0 Å². The van der Waals surface area contributed by atoms with E-state index in [2.05, 4.69) is 15.9 Å². The number of hydrogen-bond acceptors (Lipinski definition) is 5. The number of nitrogens with two attached hydrogens (primary N) is 1. The van der Waals surface area contributed by atoms with Crippen LogP contribution in [-0.2, 0) is 11.2 Å². The summed E-state index contributed by atoms with van der Waals surface area (Å²) in [7, 11) is 1.51. The normalized spacial score (nSPS) is 14.9. The Labute approximate surface area is 118 Å². The van der Waals surface area contributed by atoms with E-state index in [0.717, 1.165) is 0 Å². The van der Waals surface area contributed by atoms with E-state index in [1.54, 1.807) is 6.07 Å². The first kappa shape index (κ1) is 14.0. The SMILES string of the molecule is COc1c(Br)cc2c(c1CC(N)C(=O)O)OCCO2. The largest absolute Gasteiger partial charge is 0.495 e. The van der Waals surface area contributed by atoms with Gasteiger partial charge in [0.15, 0.2) is 11.5 Å². The van der Waals surface area contributed by atoms with Crippen LogP contribution in [0, 0.1) is 0 Å². The van der Waals surface area contributed by atoms with E-state index < -0.39 is 12.0 Å². The van der Waals surface area contributed by atoms with E-state index in [0.29, 0.717) is 40.5 Å². The highest BCUT2D eigenvalue weighted by molar-refractivity contribution is 9.10. The van der Waals surface area contributed by atoms with Crippen LogP contribution < -0.4 is 19.9 Å². The van der Waals surface area contributed by atoms with Crippen LogP contribution in [0.1, 0.15) is 5.56 Å². The maximum Gasteiger partial charge on any atom is 0.320 e. The highest BCUT2D eigenvalue weighted by Crippen LogP contribution is 2.44. The summed E-state index contributed by atoms with van der Waals surface area (Å²) in [5.74, 6) is 0.503. The van der Waals surface area contributed by atoms with Crippen LogP contribution in [0.3, 0.4) is 0 Å². The molecule has 0 amide bonds. The molecule has 3 N–H and O–H groups in total. The Morgan fingerprint density at radius 2 is 2.26 bits per heavy atom. The molecule has 0 aromatic heterocycles. The van der Waals surface area contributed by atoms with Gasteiger partial charge in [-0.3, -0.25) is 4.79 Å². The number of ether oxygens (including phenoxy) is 3. The Bertz CT molecular complexity index is 505. The third kappa shape index (κ3) is 2.76. The summed E-state index contributed by atoms with van der Waals surface area (Å²) in [6.45, 7) is 0.864. The van der Waals surface area contributed by atoms with Crippen LogP contribution in [0.5, 0.6) is 17.2 Å². The van der Waals surface area contributed by atoms with Crippen LogP contribution in [-0.4, -0.2) is 37.4 Å². The van der Waals surface area contributed by atoms with E-state index in [9.17, 15) is 4.79 Å². The molecule has 1 aromatic rings. The zero-order valence-electron chi connectivity index (χ0n) is 10.3. The first-order valence-corrected chi connectivity index (χ1v) is 6.47. The maximum absolute atomic E-state index is 10.9. The van der Waals surface area contributed by atoms with Gasteiger partial charge in [0.1, 0.15) is 25.0 Å². The Hall–Kier alpha value is -1.47. The molecule has 1 aromatic carbocycles. The van der Waals surface area contributed by atoms with Crippen LogP contribution in [0.2, 0.25) is 0 Å². The number of carbonyl (C=O) groups is 1. The molecule has 0 radical (unpaired) electrons. The van der Waals surface area contributed by atoms with Crippen molar-refractivity contribution in [3.63, 3.8) is 0 Å². The van der Waals surface area contributed by atoms with Crippen molar-refractivity contribution in [3.8, 4) is 17.2 Å². The van der Waals surface area contributed by atoms with Crippen molar-refractivity contribution < 1.29 is 24.1 Å². The lowest BCUT2D eigenvalue weighted by atomic mass is 10.0. The second-order valence-electron chi connectivity index (χ2n) is 4.04. The second-order valence-corrected chi connectivity index (χ2v) is 4.90. The fourth-order valence-electron chi connectivity index (χ4n) is 1.92. The molecule has 0 bridgehead atoms. The van der Waals surface area contributed by atoms with Crippen molar-refractivity contribution in [2.24, 2.45) is 5.73 Å². The number of halogens is 1. The highest BCUT2D eigenvalue weighted by Gasteiger charge is 2.26. The topological polar surface area (TPSA) is 91.0 Å². The predicted molar refractivity (Wildman–Crippen MR) is 71.0 cm³/mol. The molecule has 0 saturated carbocycles. The van der Waals surface area contributed by atoms with Gasteiger partial charge in [-0.05, 0) is 15.9 Å². The van der Waals surface area contributed by atoms with Gasteiger partial charge in [0.25, 0.3) is 0 Å². The minimum atomic E-state index is -1.08. The number of carboxylic acid groups (broad SMARTS) is 1. The van der Waals surface area contributed by atoms with Crippen molar-refractivity contribution in [2.75, 3.05) is 20.3 Å². The van der Waals surface area contributed by atoms with Gasteiger partial charge < -0.3 is 25.1 Å². The monoisotopic (exact) mass is 331 g/mol. The van der Waals surface area contributed by atoms with Crippen molar-refractivity contribution in [2.45, 2.75) is 12.5 Å². The summed E-state index contributed by atoms with van der Waals surface area (Å²) in [5.41, 5.74) is 6.19. The third-order valence-corrected chi connectivity index (χ3v) is 3.37. The van der Waals surface area contributed by atoms with E-state index in [1.165, 1.54) is 7.11 Å². The minimum absolute atomic E-state index is 0.101. The van der Waals surface area contributed by atoms with Gasteiger partial charge in [-0.1, -0.05) is 0 Å². The zero-order valence-corrected chi connectivity index (χ0v) is 11.9. The van der Waals surface area contributed by atoms with Gasteiger partial charge >= 0.3 is 5.97 Å². The first-order valence-electron chi connectivity index (χ1n) is 5.68. The molecular formula is C12H14BrNO5. The quantitative estimate of drug-likeness (QED) is 0.861. The molecule has 0 fully saturated rings. The average molecular weight is 332 g/mol. The smallest absolute Gasteiger partial charge is 0.320 e. The van der Waals surface area contributed by atoms with E-state index in [-0.39, 0.29) is 6.42 Å². The molecule has 7 heteroatoms. The Balaban J connectivity index is 2.48. The van der Waals surface area contributed by atoms with Crippen molar-refractivity contribution >= 4 is 21.9 Å². The summed E-state index contributed by atoms with van der Waals surface area (Å²) in [6.07, 6.45) is 0.101. The molecule has 2 rings (SSSR count). The van der Waals surface area contributed by atoms with E-state index in [4.69, 9.17) is 25.1 Å². The number of aliphatic carboxylic acids is 1. The number of rotatable bonds is 4. The molecule has 1 aliphatic heterocycles. The number of benzene rings is 1. The maximum atomic E-state index is 10.9. The molecule has 19 heavy (non-hydrogen) atoms. The standard InChI is InChI=1S/C12H14BrNO5/c1-17-10-6(4-8(14)12(15)16)11-9(5-7(10)13)18-2-3-19-11/h5,8H,2-4,14H2,1H3,(H,15,16). The predicted octanol–water partition coefficient (Wildman–Crippen LogP) is 1.18. The van der Waals surface area contributed by atoms with Gasteiger partial charge in [-0.15, -0.1) is 0 Å². The van der Waals surface area contributed by atoms with Crippen molar-refractivity contribution in [1.82, 2.24) is 0 Å². The third-order valence-electron chi connectivity index (χ3n) is 2.78. The van der Waals surface area contributed by atoms with Crippen LogP contribution in [0.15, 0.2) is 10.5 Å². The molecule has 104 valence electrons. The van der Waals surface area contributed by atoms with Gasteiger partial charge in [-0.2, -0.15) is 0 Å². The highest BCUT2D eigenvalue weighted by atomic mass is 79.9. The zero-order chi connectivity index (χ0) is 14.0. The second kappa shape index (κ2) is 5.66. The average Bonchev–Trinajstić information content (AvgIpc) is 2.38. The van der Waals surface area contributed by atoms with Gasteiger partial charge in [-0.25, -0.2) is 0 Å². The lowest BCUT2D eigenvalue weighted by Gasteiger charge is -2.24. The number of hydrogen-bond donors (Lipinski definition) is 2. The minimum Gasteiger partial charge on any atom is -0.495 e. The summed E-state index contributed by atoms with van der Waals surface area (Å²) < 4.78 is 17.0. The molecule has 1 aliphatic rings. The Morgan fingerprint density at radius 3 is 2.89 bits per heavy atom. The molecule has 0 saturated heterocycles. The molecule has 1 heterocycles.